The van der Waals surface area contributed by atoms with E-state index in [1.807, 2.05) is 42.5 Å². The Bertz CT molecular complexity index is 1240. The SMILES string of the molecule is COCCOCC(=O)NC[C@H](NC(=O)COCCOC)C(=O)NCCC(=O)ONC(=O)Cc1ccc(CCCCc2ccccc2)cc1. The molecule has 14 heteroatoms. The smallest absolute Gasteiger partial charge is 0.334 e. The largest absolute Gasteiger partial charge is 0.382 e. The van der Waals surface area contributed by atoms with E-state index in [-0.39, 0.29) is 59.0 Å². The molecule has 0 aromatic heterocycles. The van der Waals surface area contributed by atoms with E-state index >= 15 is 0 Å². The van der Waals surface area contributed by atoms with Crippen LogP contribution in [-0.4, -0.2) is 103 Å². The molecule has 0 heterocycles. The Morgan fingerprint density at radius 1 is 0.667 bits per heavy atom. The fraction of sp³-hybridized carbons (Fsp3) is 0.500. The first-order valence-electron chi connectivity index (χ1n) is 15.9. The average molecular weight is 673 g/mol. The van der Waals surface area contributed by atoms with Crippen LogP contribution in [0, 0.1) is 0 Å². The topological polar surface area (TPSA) is 180 Å². The van der Waals surface area contributed by atoms with Gasteiger partial charge in [0.15, 0.2) is 0 Å². The number of methoxy groups -OCH3 is 2. The van der Waals surface area contributed by atoms with E-state index in [0.717, 1.165) is 31.2 Å². The van der Waals surface area contributed by atoms with Crippen LogP contribution < -0.4 is 21.4 Å². The standard InChI is InChI=1S/C34H48N4O10/c1-44-18-20-46-24-31(40)36-23-29(37-32(41)25-47-21-19-45-2)34(43)35-17-16-33(42)48-38-30(39)22-28-14-12-27(13-15-28)11-7-6-10-26-8-4-3-5-9-26/h3-5,8-9,12-15,29H,6-7,10-11,16-25H2,1-2H3,(H,35,43)(H,36,40)(H,37,41)(H,38,39)/t29-/m0/s1. The van der Waals surface area contributed by atoms with Crippen molar-refractivity contribution >= 4 is 29.6 Å². The summed E-state index contributed by atoms with van der Waals surface area (Å²) in [4.78, 5) is 66.4. The number of aryl methyl sites for hydroxylation is 2. The van der Waals surface area contributed by atoms with Crippen molar-refractivity contribution in [1.29, 1.82) is 0 Å². The van der Waals surface area contributed by atoms with Crippen LogP contribution in [0.1, 0.15) is 36.0 Å². The lowest BCUT2D eigenvalue weighted by Gasteiger charge is -2.19. The van der Waals surface area contributed by atoms with Gasteiger partial charge in [-0.2, -0.15) is 5.48 Å². The number of unbranched alkanes of at least 4 members (excludes halogenated alkanes) is 1. The summed E-state index contributed by atoms with van der Waals surface area (Å²) in [7, 11) is 2.99. The van der Waals surface area contributed by atoms with Crippen LogP contribution in [0.4, 0.5) is 0 Å². The first kappa shape index (κ1) is 39.8. The molecule has 0 aliphatic heterocycles. The number of ether oxygens (including phenoxy) is 4. The van der Waals surface area contributed by atoms with Crippen LogP contribution in [0.2, 0.25) is 0 Å². The van der Waals surface area contributed by atoms with E-state index in [2.05, 4.69) is 33.6 Å². The predicted octanol–water partition coefficient (Wildman–Crippen LogP) is 0.802. The molecule has 2 aromatic rings. The van der Waals surface area contributed by atoms with Gasteiger partial charge in [0.2, 0.25) is 17.7 Å². The Kier molecular flexibility index (Phi) is 20.5. The molecule has 4 amide bonds. The molecule has 0 fully saturated rings. The van der Waals surface area contributed by atoms with E-state index in [9.17, 15) is 24.0 Å². The highest BCUT2D eigenvalue weighted by Crippen LogP contribution is 2.11. The molecule has 2 rings (SSSR count). The molecular weight excluding hydrogens is 624 g/mol. The van der Waals surface area contributed by atoms with Gasteiger partial charge in [0.25, 0.3) is 5.91 Å². The zero-order valence-electron chi connectivity index (χ0n) is 27.8. The van der Waals surface area contributed by atoms with Crippen molar-refractivity contribution < 1.29 is 47.8 Å². The molecule has 0 saturated carbocycles. The number of amides is 4. The van der Waals surface area contributed by atoms with Crippen molar-refractivity contribution in [3.05, 3.63) is 71.3 Å². The summed E-state index contributed by atoms with van der Waals surface area (Å²) in [5.41, 5.74) is 5.42. The van der Waals surface area contributed by atoms with Gasteiger partial charge in [-0.05, 0) is 42.4 Å². The van der Waals surface area contributed by atoms with Crippen molar-refractivity contribution in [3.63, 3.8) is 0 Å². The summed E-state index contributed by atoms with van der Waals surface area (Å²) in [6.07, 6.45) is 3.91. The molecule has 0 aliphatic rings. The third-order valence-corrected chi connectivity index (χ3v) is 6.80. The van der Waals surface area contributed by atoms with Gasteiger partial charge in [0, 0.05) is 27.3 Å². The first-order valence-corrected chi connectivity index (χ1v) is 15.9. The number of benzene rings is 2. The molecule has 0 aliphatic carbocycles. The molecule has 0 unspecified atom stereocenters. The molecule has 264 valence electrons. The van der Waals surface area contributed by atoms with Gasteiger partial charge in [-0.15, -0.1) is 0 Å². The summed E-state index contributed by atoms with van der Waals surface area (Å²) in [6.45, 7) is 0.0181. The summed E-state index contributed by atoms with van der Waals surface area (Å²) in [5, 5.41) is 7.51. The third kappa shape index (κ3) is 18.7. The van der Waals surface area contributed by atoms with Gasteiger partial charge in [-0.3, -0.25) is 19.2 Å². The maximum atomic E-state index is 12.8. The van der Waals surface area contributed by atoms with Gasteiger partial charge in [0.1, 0.15) is 19.3 Å². The van der Waals surface area contributed by atoms with Gasteiger partial charge < -0.3 is 39.7 Å². The Morgan fingerprint density at radius 2 is 1.25 bits per heavy atom. The lowest BCUT2D eigenvalue weighted by Crippen LogP contribution is -2.54. The Morgan fingerprint density at radius 3 is 1.88 bits per heavy atom. The zero-order valence-corrected chi connectivity index (χ0v) is 27.8. The number of carbonyl (C=O) groups is 5. The van der Waals surface area contributed by atoms with Gasteiger partial charge in [-0.25, -0.2) is 4.79 Å². The lowest BCUT2D eigenvalue weighted by molar-refractivity contribution is -0.158. The zero-order chi connectivity index (χ0) is 34.8. The molecule has 2 aromatic carbocycles. The van der Waals surface area contributed by atoms with Crippen LogP contribution in [-0.2, 0) is 67.0 Å². The second-order valence-corrected chi connectivity index (χ2v) is 10.7. The van der Waals surface area contributed by atoms with Crippen LogP contribution in [0.3, 0.4) is 0 Å². The minimum Gasteiger partial charge on any atom is -0.382 e. The molecule has 4 N–H and O–H groups in total. The number of hydroxylamine groups is 1. The quantitative estimate of drug-likeness (QED) is 0.0921. The van der Waals surface area contributed by atoms with E-state index in [0.29, 0.717) is 6.61 Å². The van der Waals surface area contributed by atoms with Gasteiger partial charge in [-0.1, -0.05) is 54.6 Å². The number of nitrogens with one attached hydrogen (secondary N) is 4. The van der Waals surface area contributed by atoms with Crippen LogP contribution >= 0.6 is 0 Å². The molecule has 1 atom stereocenters. The van der Waals surface area contributed by atoms with Crippen molar-refractivity contribution in [2.24, 2.45) is 0 Å². The Hall–Kier alpha value is -4.37. The van der Waals surface area contributed by atoms with E-state index < -0.39 is 35.6 Å². The van der Waals surface area contributed by atoms with Crippen LogP contribution in [0.5, 0.6) is 0 Å². The molecule has 0 radical (unpaired) electrons. The molecule has 14 nitrogen and oxygen atoms in total. The van der Waals surface area contributed by atoms with Gasteiger partial charge in [0.05, 0.1) is 39.3 Å². The lowest BCUT2D eigenvalue weighted by atomic mass is 10.0. The average Bonchev–Trinajstić information content (AvgIpc) is 3.09. The highest BCUT2D eigenvalue weighted by Gasteiger charge is 2.22. The number of hydrogen-bond acceptors (Lipinski definition) is 10. The van der Waals surface area contributed by atoms with Gasteiger partial charge >= 0.3 is 5.97 Å². The van der Waals surface area contributed by atoms with Crippen molar-refractivity contribution in [3.8, 4) is 0 Å². The Labute approximate surface area is 281 Å². The second kappa shape index (κ2) is 24.8. The summed E-state index contributed by atoms with van der Waals surface area (Å²) < 4.78 is 20.0. The summed E-state index contributed by atoms with van der Waals surface area (Å²) >= 11 is 0. The number of hydrogen-bond donors (Lipinski definition) is 4. The first-order chi connectivity index (χ1) is 23.3. The minimum atomic E-state index is -1.16. The molecule has 0 saturated heterocycles. The number of rotatable bonds is 24. The maximum absolute atomic E-state index is 12.8. The van der Waals surface area contributed by atoms with E-state index in [1.54, 1.807) is 0 Å². The summed E-state index contributed by atoms with van der Waals surface area (Å²) in [5.74, 6) is -3.02. The van der Waals surface area contributed by atoms with E-state index in [1.165, 1.54) is 25.3 Å². The van der Waals surface area contributed by atoms with Crippen molar-refractivity contribution in [1.82, 2.24) is 21.4 Å². The third-order valence-electron chi connectivity index (χ3n) is 6.80. The molecular formula is C34H48N4O10. The Balaban J connectivity index is 1.69. The van der Waals surface area contributed by atoms with E-state index in [4.69, 9.17) is 23.8 Å². The molecule has 0 spiro atoms. The monoisotopic (exact) mass is 672 g/mol. The number of carbonyl (C=O) groups excluding carboxylic acids is 5. The maximum Gasteiger partial charge on any atom is 0.334 e. The summed E-state index contributed by atoms with van der Waals surface area (Å²) in [6, 6.07) is 16.9. The van der Waals surface area contributed by atoms with Crippen molar-refractivity contribution in [2.45, 2.75) is 44.6 Å². The molecule has 48 heavy (non-hydrogen) atoms. The normalized spacial score (nSPS) is 11.3. The fourth-order valence-corrected chi connectivity index (χ4v) is 4.25. The fourth-order valence-electron chi connectivity index (χ4n) is 4.25. The molecule has 0 bridgehead atoms. The van der Waals surface area contributed by atoms with Crippen LogP contribution in [0.15, 0.2) is 54.6 Å². The van der Waals surface area contributed by atoms with Crippen LogP contribution in [0.25, 0.3) is 0 Å². The second-order valence-electron chi connectivity index (χ2n) is 10.7. The predicted molar refractivity (Wildman–Crippen MR) is 175 cm³/mol. The van der Waals surface area contributed by atoms with Crippen molar-refractivity contribution in [2.75, 3.05) is 67.0 Å². The minimum absolute atomic E-state index is 0.0258. The highest BCUT2D eigenvalue weighted by molar-refractivity contribution is 5.89. The highest BCUT2D eigenvalue weighted by atomic mass is 16.7.